The van der Waals surface area contributed by atoms with Crippen molar-refractivity contribution in [3.8, 4) is 0 Å². The zero-order valence-corrected chi connectivity index (χ0v) is 14.6. The van der Waals surface area contributed by atoms with Crippen molar-refractivity contribution in [1.29, 1.82) is 0 Å². The second-order valence-electron chi connectivity index (χ2n) is 6.46. The number of likely N-dealkylation sites (N-methyl/N-ethyl adjacent to an activating group) is 2. The standard InChI is InChI=1S/C17H23N5O3/c1-11(23)9-18-16-19-14-13(20(16)2)15(24)22(17(25)21(14)3)10-12-7-5-4-6-8-12/h4-8,11,13-14,23H,9-10H2,1-3H3,(H,18,19). The maximum atomic E-state index is 13.0. The molecule has 0 radical (unpaired) electrons. The van der Waals surface area contributed by atoms with Gasteiger partial charge in [-0.05, 0) is 12.5 Å². The maximum absolute atomic E-state index is 13.0. The molecule has 2 aliphatic heterocycles. The molecule has 0 aliphatic carbocycles. The Morgan fingerprint density at radius 1 is 1.20 bits per heavy atom. The Kier molecular flexibility index (Phi) is 4.63. The molecule has 0 saturated carbocycles. The summed E-state index contributed by atoms with van der Waals surface area (Å²) in [5, 5.41) is 12.5. The third-order valence-corrected chi connectivity index (χ3v) is 4.49. The molecule has 2 aliphatic rings. The van der Waals surface area contributed by atoms with Crippen LogP contribution in [0.5, 0.6) is 0 Å². The van der Waals surface area contributed by atoms with Gasteiger partial charge in [-0.25, -0.2) is 4.79 Å². The largest absolute Gasteiger partial charge is 0.391 e. The highest BCUT2D eigenvalue weighted by atomic mass is 16.3. The van der Waals surface area contributed by atoms with Crippen LogP contribution < -0.4 is 5.32 Å². The van der Waals surface area contributed by atoms with Crippen LogP contribution in [0.4, 0.5) is 4.79 Å². The number of carbonyl (C=O) groups excluding carboxylic acids is 2. The normalized spacial score (nSPS) is 26.1. The van der Waals surface area contributed by atoms with Crippen LogP contribution in [0.15, 0.2) is 35.3 Å². The number of nitrogens with zero attached hydrogens (tertiary/aromatic N) is 4. The molecule has 8 nitrogen and oxygen atoms in total. The predicted molar refractivity (Wildman–Crippen MR) is 92.6 cm³/mol. The number of nitrogens with one attached hydrogen (secondary N) is 1. The first-order chi connectivity index (χ1) is 11.9. The van der Waals surface area contributed by atoms with Gasteiger partial charge in [-0.3, -0.25) is 14.7 Å². The number of imide groups is 1. The summed E-state index contributed by atoms with van der Waals surface area (Å²) < 4.78 is 0. The lowest BCUT2D eigenvalue weighted by atomic mass is 10.1. The van der Waals surface area contributed by atoms with Gasteiger partial charge >= 0.3 is 6.03 Å². The summed E-state index contributed by atoms with van der Waals surface area (Å²) in [6, 6.07) is 8.55. The second kappa shape index (κ2) is 6.72. The fraction of sp³-hybridized carbons (Fsp3) is 0.471. The Bertz CT molecular complexity index is 691. The number of amides is 3. The molecule has 0 spiro atoms. The summed E-state index contributed by atoms with van der Waals surface area (Å²) in [7, 11) is 3.43. The molecule has 0 bridgehead atoms. The van der Waals surface area contributed by atoms with Crippen LogP contribution in [0.2, 0.25) is 0 Å². The Morgan fingerprint density at radius 2 is 1.88 bits per heavy atom. The van der Waals surface area contributed by atoms with E-state index in [0.717, 1.165) is 5.56 Å². The third-order valence-electron chi connectivity index (χ3n) is 4.49. The molecule has 0 aromatic heterocycles. The van der Waals surface area contributed by atoms with E-state index in [-0.39, 0.29) is 25.0 Å². The number of fused-ring (bicyclic) bond motifs is 1. The van der Waals surface area contributed by atoms with Gasteiger partial charge in [0.05, 0.1) is 19.2 Å². The number of carbonyl (C=O) groups is 2. The van der Waals surface area contributed by atoms with Gasteiger partial charge in [0.25, 0.3) is 5.91 Å². The number of benzene rings is 1. The van der Waals surface area contributed by atoms with Crippen molar-refractivity contribution in [2.24, 2.45) is 4.99 Å². The van der Waals surface area contributed by atoms with Crippen LogP contribution in [0.25, 0.3) is 0 Å². The minimum Gasteiger partial charge on any atom is -0.391 e. The number of hydrogen-bond donors (Lipinski definition) is 2. The van der Waals surface area contributed by atoms with Crippen molar-refractivity contribution in [3.63, 3.8) is 0 Å². The van der Waals surface area contributed by atoms with Gasteiger partial charge in [0, 0.05) is 14.1 Å². The molecule has 2 fully saturated rings. The van der Waals surface area contributed by atoms with Gasteiger partial charge in [-0.2, -0.15) is 0 Å². The molecule has 3 amide bonds. The quantitative estimate of drug-likeness (QED) is 0.805. The highest BCUT2D eigenvalue weighted by molar-refractivity contribution is 6.04. The molecule has 3 atom stereocenters. The van der Waals surface area contributed by atoms with Crippen LogP contribution in [0.3, 0.4) is 0 Å². The SMILES string of the molecule is CC(O)CN=C1NC2C(C(=O)N(Cc3ccccc3)C(=O)N2C)N1C. The fourth-order valence-corrected chi connectivity index (χ4v) is 3.12. The van der Waals surface area contributed by atoms with Gasteiger partial charge in [-0.15, -0.1) is 0 Å². The lowest BCUT2D eigenvalue weighted by Gasteiger charge is -2.40. The fourth-order valence-electron chi connectivity index (χ4n) is 3.12. The highest BCUT2D eigenvalue weighted by Crippen LogP contribution is 2.25. The van der Waals surface area contributed by atoms with Crippen LogP contribution in [0, 0.1) is 0 Å². The molecule has 134 valence electrons. The molecule has 1 aromatic carbocycles. The molecule has 2 saturated heterocycles. The summed E-state index contributed by atoms with van der Waals surface area (Å²) in [6.45, 7) is 2.11. The summed E-state index contributed by atoms with van der Waals surface area (Å²) in [6.07, 6.45) is -1.04. The van der Waals surface area contributed by atoms with E-state index >= 15 is 0 Å². The van der Waals surface area contributed by atoms with E-state index in [1.807, 2.05) is 30.3 Å². The summed E-state index contributed by atoms with van der Waals surface area (Å²) in [5.74, 6) is 0.250. The minimum atomic E-state index is -0.574. The van der Waals surface area contributed by atoms with Gasteiger partial charge < -0.3 is 20.2 Å². The van der Waals surface area contributed by atoms with Crippen LogP contribution >= 0.6 is 0 Å². The van der Waals surface area contributed by atoms with Crippen molar-refractivity contribution >= 4 is 17.9 Å². The van der Waals surface area contributed by atoms with Crippen LogP contribution in [0.1, 0.15) is 12.5 Å². The van der Waals surface area contributed by atoms with Crippen molar-refractivity contribution in [3.05, 3.63) is 35.9 Å². The predicted octanol–water partition coefficient (Wildman–Crippen LogP) is 0.0471. The molecule has 1 aromatic rings. The number of urea groups is 1. The third kappa shape index (κ3) is 3.17. The van der Waals surface area contributed by atoms with Crippen molar-refractivity contribution in [2.45, 2.75) is 31.8 Å². The van der Waals surface area contributed by atoms with E-state index in [1.165, 1.54) is 9.80 Å². The molecule has 2 heterocycles. The van der Waals surface area contributed by atoms with E-state index in [4.69, 9.17) is 0 Å². The van der Waals surface area contributed by atoms with Crippen molar-refractivity contribution in [2.75, 3.05) is 20.6 Å². The van der Waals surface area contributed by atoms with E-state index in [0.29, 0.717) is 5.96 Å². The molecule has 8 heteroatoms. The number of hydrogen-bond acceptors (Lipinski definition) is 4. The maximum Gasteiger partial charge on any atom is 0.328 e. The summed E-state index contributed by atoms with van der Waals surface area (Å²) >= 11 is 0. The molecule has 2 N–H and O–H groups in total. The number of aliphatic hydroxyl groups excluding tert-OH is 1. The Hall–Kier alpha value is -2.61. The first kappa shape index (κ1) is 17.2. The molecule has 3 unspecified atom stereocenters. The second-order valence-corrected chi connectivity index (χ2v) is 6.46. The zero-order valence-electron chi connectivity index (χ0n) is 14.6. The van der Waals surface area contributed by atoms with Gasteiger partial charge in [0.2, 0.25) is 0 Å². The van der Waals surface area contributed by atoms with E-state index < -0.39 is 18.3 Å². The zero-order chi connectivity index (χ0) is 18.1. The topological polar surface area (TPSA) is 88.5 Å². The van der Waals surface area contributed by atoms with Crippen LogP contribution in [-0.2, 0) is 11.3 Å². The van der Waals surface area contributed by atoms with E-state index in [1.54, 1.807) is 25.9 Å². The Balaban J connectivity index is 1.84. The average Bonchev–Trinajstić information content (AvgIpc) is 2.93. The monoisotopic (exact) mass is 345 g/mol. The number of guanidine groups is 1. The molecule has 25 heavy (non-hydrogen) atoms. The number of aliphatic imine (C=N–C) groups is 1. The van der Waals surface area contributed by atoms with Crippen molar-refractivity contribution in [1.82, 2.24) is 20.0 Å². The smallest absolute Gasteiger partial charge is 0.328 e. The Morgan fingerprint density at radius 3 is 2.52 bits per heavy atom. The number of aliphatic hydroxyl groups is 1. The molecular weight excluding hydrogens is 322 g/mol. The number of rotatable bonds is 4. The highest BCUT2D eigenvalue weighted by Gasteiger charge is 2.51. The molecular formula is C17H23N5O3. The van der Waals surface area contributed by atoms with Gasteiger partial charge in [-0.1, -0.05) is 30.3 Å². The van der Waals surface area contributed by atoms with Gasteiger partial charge in [0.15, 0.2) is 12.0 Å². The lowest BCUT2D eigenvalue weighted by Crippen LogP contribution is -2.65. The van der Waals surface area contributed by atoms with E-state index in [9.17, 15) is 14.7 Å². The molecule has 3 rings (SSSR count). The Labute approximate surface area is 146 Å². The van der Waals surface area contributed by atoms with E-state index in [2.05, 4.69) is 10.3 Å². The van der Waals surface area contributed by atoms with Crippen molar-refractivity contribution < 1.29 is 14.7 Å². The summed E-state index contributed by atoms with van der Waals surface area (Å²) in [5.41, 5.74) is 0.896. The first-order valence-corrected chi connectivity index (χ1v) is 8.24. The minimum absolute atomic E-state index is 0.228. The first-order valence-electron chi connectivity index (χ1n) is 8.24. The lowest BCUT2D eigenvalue weighted by molar-refractivity contribution is -0.137. The van der Waals surface area contributed by atoms with Crippen LogP contribution in [-0.4, -0.2) is 76.7 Å². The summed E-state index contributed by atoms with van der Waals surface area (Å²) in [4.78, 5) is 34.4. The average molecular weight is 345 g/mol. The van der Waals surface area contributed by atoms with Gasteiger partial charge in [0.1, 0.15) is 6.17 Å².